The molecule has 0 bridgehead atoms. The summed E-state index contributed by atoms with van der Waals surface area (Å²) < 4.78 is 5.18. The summed E-state index contributed by atoms with van der Waals surface area (Å²) in [4.78, 5) is 27.2. The molecule has 3 aromatic carbocycles. The number of benzene rings is 3. The number of hydrogen-bond donors (Lipinski definition) is 1. The lowest BCUT2D eigenvalue weighted by Gasteiger charge is -2.24. The molecule has 2 amide bonds. The van der Waals surface area contributed by atoms with Gasteiger partial charge in [0.25, 0.3) is 5.91 Å². The first-order valence-electron chi connectivity index (χ1n) is 10.9. The van der Waals surface area contributed by atoms with Gasteiger partial charge in [-0.1, -0.05) is 53.8 Å². The minimum atomic E-state index is -0.259. The Morgan fingerprint density at radius 2 is 1.77 bits per heavy atom. The molecule has 1 N–H and O–H groups in total. The Morgan fingerprint density at radius 3 is 2.49 bits per heavy atom. The van der Waals surface area contributed by atoms with Gasteiger partial charge < -0.3 is 9.64 Å². The molecule has 0 saturated carbocycles. The molecule has 0 spiro atoms. The van der Waals surface area contributed by atoms with Crippen molar-refractivity contribution < 1.29 is 14.3 Å². The Labute approximate surface area is 211 Å². The van der Waals surface area contributed by atoms with E-state index in [4.69, 9.17) is 4.74 Å². The molecule has 4 aromatic rings. The number of nitrogens with one attached hydrogen (secondary N) is 1. The monoisotopic (exact) mass is 502 g/mol. The second-order valence-electron chi connectivity index (χ2n) is 7.89. The highest BCUT2D eigenvalue weighted by atomic mass is 32.2. The Kier molecular flexibility index (Phi) is 6.78. The summed E-state index contributed by atoms with van der Waals surface area (Å²) in [5.74, 6) is 1.08. The second-order valence-corrected chi connectivity index (χ2v) is 9.93. The van der Waals surface area contributed by atoms with Crippen molar-refractivity contribution in [2.45, 2.75) is 11.9 Å². The van der Waals surface area contributed by atoms with Crippen molar-refractivity contribution in [3.63, 3.8) is 0 Å². The number of methoxy groups -OCH3 is 1. The van der Waals surface area contributed by atoms with Gasteiger partial charge in [0.2, 0.25) is 11.0 Å². The first-order chi connectivity index (χ1) is 17.1. The zero-order valence-corrected chi connectivity index (χ0v) is 20.5. The molecule has 1 unspecified atom stereocenters. The lowest BCUT2D eigenvalue weighted by atomic mass is 10.1. The van der Waals surface area contributed by atoms with E-state index in [0.717, 1.165) is 22.4 Å². The molecule has 1 aromatic heterocycles. The van der Waals surface area contributed by atoms with Gasteiger partial charge in [0, 0.05) is 17.7 Å². The predicted molar refractivity (Wildman–Crippen MR) is 138 cm³/mol. The molecule has 1 saturated heterocycles. The van der Waals surface area contributed by atoms with Gasteiger partial charge in [-0.3, -0.25) is 14.9 Å². The number of amides is 2. The summed E-state index contributed by atoms with van der Waals surface area (Å²) in [7, 11) is 1.62. The van der Waals surface area contributed by atoms with Crippen molar-refractivity contribution in [2.24, 2.45) is 0 Å². The summed E-state index contributed by atoms with van der Waals surface area (Å²) in [5.41, 5.74) is 3.50. The smallest absolute Gasteiger partial charge is 0.257 e. The molecule has 2 heterocycles. The highest BCUT2D eigenvalue weighted by Gasteiger charge is 2.32. The Bertz CT molecular complexity index is 1320. The van der Waals surface area contributed by atoms with E-state index in [1.54, 1.807) is 31.0 Å². The summed E-state index contributed by atoms with van der Waals surface area (Å²) in [5, 5.41) is 12.2. The molecule has 1 fully saturated rings. The number of carbonyl (C=O) groups is 2. The van der Waals surface area contributed by atoms with Crippen LogP contribution in [0.1, 0.15) is 26.9 Å². The maximum Gasteiger partial charge on any atom is 0.257 e. The maximum absolute atomic E-state index is 12.8. The van der Waals surface area contributed by atoms with E-state index in [2.05, 4.69) is 15.5 Å². The largest absolute Gasteiger partial charge is 0.497 e. The van der Waals surface area contributed by atoms with Crippen molar-refractivity contribution in [1.82, 2.24) is 15.1 Å². The van der Waals surface area contributed by atoms with Crippen molar-refractivity contribution in [2.75, 3.05) is 18.2 Å². The normalized spacial score (nSPS) is 15.3. The summed E-state index contributed by atoms with van der Waals surface area (Å²) in [6.07, 6.45) is 0. The first kappa shape index (κ1) is 23.1. The molecule has 1 atom stereocenters. The SMILES string of the molecule is COc1ccc(-c2nnc(NC(=O)c3ccc(C4SCC(=O)N4Cc4ccccc4)cc3)s2)cc1. The zero-order valence-electron chi connectivity index (χ0n) is 18.9. The third kappa shape index (κ3) is 5.21. The van der Waals surface area contributed by atoms with Crippen LogP contribution in [-0.4, -0.2) is 39.8 Å². The topological polar surface area (TPSA) is 84.4 Å². The van der Waals surface area contributed by atoms with Gasteiger partial charge >= 0.3 is 0 Å². The molecule has 0 aliphatic carbocycles. The predicted octanol–water partition coefficient (Wildman–Crippen LogP) is 5.24. The summed E-state index contributed by atoms with van der Waals surface area (Å²) in [6.45, 7) is 0.563. The zero-order chi connectivity index (χ0) is 24.2. The average molecular weight is 503 g/mol. The fourth-order valence-electron chi connectivity index (χ4n) is 3.77. The number of anilines is 1. The van der Waals surface area contributed by atoms with Gasteiger partial charge in [0.15, 0.2) is 0 Å². The van der Waals surface area contributed by atoms with Crippen LogP contribution in [0.5, 0.6) is 5.75 Å². The minimum absolute atomic E-state index is 0.0740. The number of rotatable bonds is 7. The highest BCUT2D eigenvalue weighted by Crippen LogP contribution is 2.39. The van der Waals surface area contributed by atoms with Crippen LogP contribution >= 0.6 is 23.1 Å². The van der Waals surface area contributed by atoms with Gasteiger partial charge in [0.05, 0.1) is 12.9 Å². The van der Waals surface area contributed by atoms with Crippen LogP contribution in [-0.2, 0) is 11.3 Å². The van der Waals surface area contributed by atoms with Gasteiger partial charge in [0.1, 0.15) is 16.1 Å². The van der Waals surface area contributed by atoms with E-state index in [1.165, 1.54) is 11.3 Å². The summed E-state index contributed by atoms with van der Waals surface area (Å²) >= 11 is 2.91. The van der Waals surface area contributed by atoms with E-state index in [9.17, 15) is 9.59 Å². The van der Waals surface area contributed by atoms with E-state index < -0.39 is 0 Å². The third-order valence-corrected chi connectivity index (χ3v) is 7.75. The lowest BCUT2D eigenvalue weighted by molar-refractivity contribution is -0.128. The molecule has 5 rings (SSSR count). The molecule has 1 aliphatic rings. The molecule has 0 radical (unpaired) electrons. The van der Waals surface area contributed by atoms with Crippen LogP contribution in [0.2, 0.25) is 0 Å². The van der Waals surface area contributed by atoms with Crippen LogP contribution < -0.4 is 10.1 Å². The minimum Gasteiger partial charge on any atom is -0.497 e. The number of hydrogen-bond acceptors (Lipinski definition) is 7. The molecule has 7 nitrogen and oxygen atoms in total. The number of ether oxygens (including phenoxy) is 1. The van der Waals surface area contributed by atoms with Crippen LogP contribution in [0.4, 0.5) is 5.13 Å². The van der Waals surface area contributed by atoms with Crippen molar-refractivity contribution in [1.29, 1.82) is 0 Å². The molecule has 9 heteroatoms. The van der Waals surface area contributed by atoms with Gasteiger partial charge in [-0.25, -0.2) is 0 Å². The van der Waals surface area contributed by atoms with Crippen molar-refractivity contribution >= 4 is 40.0 Å². The number of thioether (sulfide) groups is 1. The standard InChI is InChI=1S/C26H22N4O3S2/c1-33-21-13-11-19(12-14-21)24-28-29-26(35-24)27-23(32)18-7-9-20(10-8-18)25-30(22(31)16-34-25)15-17-5-3-2-4-6-17/h2-14,25H,15-16H2,1H3,(H,27,29,32). The molecule has 35 heavy (non-hydrogen) atoms. The van der Waals surface area contributed by atoms with Crippen molar-refractivity contribution in [3.8, 4) is 16.3 Å². The van der Waals surface area contributed by atoms with Gasteiger partial charge in [-0.15, -0.1) is 22.0 Å². The third-order valence-electron chi connectivity index (χ3n) is 5.60. The van der Waals surface area contributed by atoms with E-state index in [0.29, 0.717) is 28.0 Å². The van der Waals surface area contributed by atoms with Gasteiger partial charge in [-0.2, -0.15) is 0 Å². The van der Waals surface area contributed by atoms with Crippen molar-refractivity contribution in [3.05, 3.63) is 95.6 Å². The molecular formula is C26H22N4O3S2. The molecule has 176 valence electrons. The van der Waals surface area contributed by atoms with Crippen LogP contribution in [0, 0.1) is 0 Å². The first-order valence-corrected chi connectivity index (χ1v) is 12.8. The van der Waals surface area contributed by atoms with E-state index in [-0.39, 0.29) is 17.2 Å². The summed E-state index contributed by atoms with van der Waals surface area (Å²) in [6, 6.07) is 24.8. The Balaban J connectivity index is 1.25. The quantitative estimate of drug-likeness (QED) is 0.372. The van der Waals surface area contributed by atoms with Gasteiger partial charge in [-0.05, 0) is 47.5 Å². The number of nitrogens with zero attached hydrogens (tertiary/aromatic N) is 3. The maximum atomic E-state index is 12.8. The molecular weight excluding hydrogens is 480 g/mol. The fraction of sp³-hybridized carbons (Fsp3) is 0.154. The highest BCUT2D eigenvalue weighted by molar-refractivity contribution is 8.00. The van der Waals surface area contributed by atoms with Crippen LogP contribution in [0.25, 0.3) is 10.6 Å². The second kappa shape index (κ2) is 10.3. The van der Waals surface area contributed by atoms with E-state index in [1.807, 2.05) is 71.6 Å². The van der Waals surface area contributed by atoms with E-state index >= 15 is 0 Å². The number of carbonyl (C=O) groups excluding carboxylic acids is 2. The molecule has 1 aliphatic heterocycles. The Hall–Kier alpha value is -3.69. The fourth-order valence-corrected chi connectivity index (χ4v) is 5.71. The average Bonchev–Trinajstić information content (AvgIpc) is 3.51. The Morgan fingerprint density at radius 1 is 1.03 bits per heavy atom. The van der Waals surface area contributed by atoms with Crippen LogP contribution in [0.3, 0.4) is 0 Å². The number of aromatic nitrogens is 2. The lowest BCUT2D eigenvalue weighted by Crippen LogP contribution is -2.27. The van der Waals surface area contributed by atoms with Crippen LogP contribution in [0.15, 0.2) is 78.9 Å².